The minimum absolute atomic E-state index is 0.161. The maximum atomic E-state index is 11.2. The van der Waals surface area contributed by atoms with Crippen LogP contribution in [0.3, 0.4) is 0 Å². The van der Waals surface area contributed by atoms with Gasteiger partial charge in [-0.15, -0.1) is 0 Å². The molecule has 0 aliphatic rings. The number of hydrogen-bond donors (Lipinski definition) is 1. The van der Waals surface area contributed by atoms with E-state index in [4.69, 9.17) is 9.94 Å². The summed E-state index contributed by atoms with van der Waals surface area (Å²) < 4.78 is 6.63. The van der Waals surface area contributed by atoms with Crippen LogP contribution < -0.4 is 4.74 Å². The molecular formula is C17H14N4O4. The molecule has 0 spiro atoms. The largest absolute Gasteiger partial charge is 0.490 e. The molecule has 0 radical (unpaired) electrons. The minimum Gasteiger partial charge on any atom is -0.490 e. The molecule has 25 heavy (non-hydrogen) atoms. The molecule has 8 nitrogen and oxygen atoms in total. The molecule has 0 saturated carbocycles. The Bertz CT molecular complexity index is 935. The van der Waals surface area contributed by atoms with Gasteiger partial charge in [-0.3, -0.25) is 10.1 Å². The van der Waals surface area contributed by atoms with E-state index in [9.17, 15) is 10.1 Å². The van der Waals surface area contributed by atoms with Gasteiger partial charge < -0.3 is 9.94 Å². The molecule has 8 heteroatoms. The van der Waals surface area contributed by atoms with Crippen molar-refractivity contribution in [1.82, 2.24) is 9.78 Å². The fraction of sp³-hybridized carbons (Fsp3) is 0.0588. The molecular weight excluding hydrogens is 324 g/mol. The van der Waals surface area contributed by atoms with Crippen molar-refractivity contribution in [3.05, 3.63) is 70.4 Å². The molecule has 0 atom stereocenters. The van der Waals surface area contributed by atoms with Gasteiger partial charge in [-0.25, -0.2) is 4.68 Å². The van der Waals surface area contributed by atoms with Gasteiger partial charge in [0.15, 0.2) is 5.75 Å². The SMILES string of the molecule is COc1ccc(-c2nn(-c3ccccc3)cc2C=NO)cc1[N+](=O)[O-]. The monoisotopic (exact) mass is 338 g/mol. The quantitative estimate of drug-likeness (QED) is 0.333. The number of hydrogen-bond acceptors (Lipinski definition) is 6. The summed E-state index contributed by atoms with van der Waals surface area (Å²) >= 11 is 0. The van der Waals surface area contributed by atoms with Crippen LogP contribution >= 0.6 is 0 Å². The van der Waals surface area contributed by atoms with Crippen molar-refractivity contribution in [2.75, 3.05) is 7.11 Å². The number of rotatable bonds is 5. The second-order valence-corrected chi connectivity index (χ2v) is 5.10. The minimum atomic E-state index is -0.518. The van der Waals surface area contributed by atoms with E-state index < -0.39 is 4.92 Å². The Balaban J connectivity index is 2.15. The van der Waals surface area contributed by atoms with E-state index >= 15 is 0 Å². The summed E-state index contributed by atoms with van der Waals surface area (Å²) in [4.78, 5) is 10.7. The summed E-state index contributed by atoms with van der Waals surface area (Å²) in [5, 5.41) is 27.7. The number of nitrogens with zero attached hydrogens (tertiary/aromatic N) is 4. The predicted molar refractivity (Wildman–Crippen MR) is 91.6 cm³/mol. The van der Waals surface area contributed by atoms with Gasteiger partial charge in [0.2, 0.25) is 0 Å². The Morgan fingerprint density at radius 3 is 2.68 bits per heavy atom. The Morgan fingerprint density at radius 1 is 1.28 bits per heavy atom. The lowest BCUT2D eigenvalue weighted by Gasteiger charge is -2.04. The molecule has 1 aromatic heterocycles. The Morgan fingerprint density at radius 2 is 2.04 bits per heavy atom. The molecule has 126 valence electrons. The van der Waals surface area contributed by atoms with Crippen molar-refractivity contribution >= 4 is 11.9 Å². The summed E-state index contributed by atoms with van der Waals surface area (Å²) in [5.74, 6) is 0.161. The summed E-state index contributed by atoms with van der Waals surface area (Å²) in [7, 11) is 1.37. The third-order valence-electron chi connectivity index (χ3n) is 3.61. The summed E-state index contributed by atoms with van der Waals surface area (Å²) in [6.07, 6.45) is 2.91. The first kappa shape index (κ1) is 16.2. The van der Waals surface area contributed by atoms with Crippen LogP contribution in [0.5, 0.6) is 5.75 Å². The van der Waals surface area contributed by atoms with Crippen molar-refractivity contribution in [1.29, 1.82) is 0 Å². The van der Waals surface area contributed by atoms with E-state index in [1.807, 2.05) is 30.3 Å². The van der Waals surface area contributed by atoms with Crippen molar-refractivity contribution in [3.8, 4) is 22.7 Å². The van der Waals surface area contributed by atoms with Crippen LogP contribution in [0, 0.1) is 10.1 Å². The Kier molecular flexibility index (Phi) is 4.42. The molecule has 1 N–H and O–H groups in total. The van der Waals surface area contributed by atoms with Gasteiger partial charge in [0.05, 0.1) is 23.9 Å². The van der Waals surface area contributed by atoms with Crippen molar-refractivity contribution in [2.24, 2.45) is 5.16 Å². The Labute approximate surface area is 142 Å². The summed E-state index contributed by atoms with van der Waals surface area (Å²) in [5.41, 5.74) is 2.13. The zero-order valence-corrected chi connectivity index (χ0v) is 13.2. The first-order valence-corrected chi connectivity index (χ1v) is 7.29. The van der Waals surface area contributed by atoms with E-state index in [0.29, 0.717) is 16.8 Å². The van der Waals surface area contributed by atoms with E-state index in [-0.39, 0.29) is 11.4 Å². The van der Waals surface area contributed by atoms with E-state index in [1.54, 1.807) is 16.9 Å². The topological polar surface area (TPSA) is 103 Å². The molecule has 0 bridgehead atoms. The number of nitro benzene ring substituents is 1. The van der Waals surface area contributed by atoms with Crippen molar-refractivity contribution < 1.29 is 14.9 Å². The zero-order chi connectivity index (χ0) is 17.8. The van der Waals surface area contributed by atoms with E-state index in [1.165, 1.54) is 25.5 Å². The van der Waals surface area contributed by atoms with Gasteiger partial charge in [-0.2, -0.15) is 5.10 Å². The standard InChI is InChI=1S/C17H14N4O4/c1-25-16-8-7-12(9-15(16)21(23)24)17-13(10-18-22)11-20(19-17)14-5-3-2-4-6-14/h2-11,22H,1H3. The van der Waals surface area contributed by atoms with Gasteiger partial charge in [-0.05, 0) is 24.3 Å². The zero-order valence-electron chi connectivity index (χ0n) is 13.2. The molecule has 0 aliphatic carbocycles. The molecule has 0 saturated heterocycles. The third kappa shape index (κ3) is 3.18. The van der Waals surface area contributed by atoms with Crippen LogP contribution in [-0.2, 0) is 0 Å². The fourth-order valence-electron chi connectivity index (χ4n) is 2.46. The average molecular weight is 338 g/mol. The number of benzene rings is 2. The molecule has 0 aliphatic heterocycles. The molecule has 0 amide bonds. The second-order valence-electron chi connectivity index (χ2n) is 5.10. The van der Waals surface area contributed by atoms with Crippen LogP contribution in [0.25, 0.3) is 16.9 Å². The Hall–Kier alpha value is -3.68. The molecule has 0 fully saturated rings. The lowest BCUT2D eigenvalue weighted by atomic mass is 10.1. The highest BCUT2D eigenvalue weighted by molar-refractivity contribution is 5.89. The average Bonchev–Trinajstić information content (AvgIpc) is 3.06. The number of oxime groups is 1. The van der Waals surface area contributed by atoms with Gasteiger partial charge >= 0.3 is 5.69 Å². The summed E-state index contributed by atoms with van der Waals surface area (Å²) in [6.45, 7) is 0. The highest BCUT2D eigenvalue weighted by atomic mass is 16.6. The van der Waals surface area contributed by atoms with Crippen LogP contribution in [0.2, 0.25) is 0 Å². The van der Waals surface area contributed by atoms with Gasteiger partial charge in [0, 0.05) is 23.4 Å². The number of para-hydroxylation sites is 1. The number of aromatic nitrogens is 2. The first-order valence-electron chi connectivity index (χ1n) is 7.29. The number of nitro groups is 1. The van der Waals surface area contributed by atoms with E-state index in [0.717, 1.165) is 5.69 Å². The molecule has 0 unspecified atom stereocenters. The fourth-order valence-corrected chi connectivity index (χ4v) is 2.46. The normalized spacial score (nSPS) is 10.9. The highest BCUT2D eigenvalue weighted by Gasteiger charge is 2.19. The number of methoxy groups -OCH3 is 1. The van der Waals surface area contributed by atoms with Crippen LogP contribution in [0.15, 0.2) is 59.9 Å². The van der Waals surface area contributed by atoms with Crippen molar-refractivity contribution in [3.63, 3.8) is 0 Å². The lowest BCUT2D eigenvalue weighted by Crippen LogP contribution is -1.96. The molecule has 1 heterocycles. The molecule has 3 aromatic rings. The van der Waals surface area contributed by atoms with Crippen LogP contribution in [0.1, 0.15) is 5.56 Å². The van der Waals surface area contributed by atoms with Gasteiger partial charge in [-0.1, -0.05) is 23.4 Å². The smallest absolute Gasteiger partial charge is 0.311 e. The van der Waals surface area contributed by atoms with Gasteiger partial charge in [0.25, 0.3) is 0 Å². The van der Waals surface area contributed by atoms with E-state index in [2.05, 4.69) is 10.3 Å². The molecule has 3 rings (SSSR count). The lowest BCUT2D eigenvalue weighted by molar-refractivity contribution is -0.385. The second kappa shape index (κ2) is 6.83. The van der Waals surface area contributed by atoms with Crippen LogP contribution in [-0.4, -0.2) is 33.2 Å². The summed E-state index contributed by atoms with van der Waals surface area (Å²) in [6, 6.07) is 13.9. The maximum absolute atomic E-state index is 11.2. The maximum Gasteiger partial charge on any atom is 0.311 e. The first-order chi connectivity index (χ1) is 12.1. The van der Waals surface area contributed by atoms with Crippen molar-refractivity contribution in [2.45, 2.75) is 0 Å². The van der Waals surface area contributed by atoms with Crippen LogP contribution in [0.4, 0.5) is 5.69 Å². The van der Waals surface area contributed by atoms with Gasteiger partial charge in [0.1, 0.15) is 5.69 Å². The molecule has 2 aromatic carbocycles. The predicted octanol–water partition coefficient (Wildman–Crippen LogP) is 3.26. The third-order valence-corrected chi connectivity index (χ3v) is 3.61. The highest BCUT2D eigenvalue weighted by Crippen LogP contribution is 2.32. The number of ether oxygens (including phenoxy) is 1.